The lowest BCUT2D eigenvalue weighted by molar-refractivity contribution is 0.265. The van der Waals surface area contributed by atoms with Gasteiger partial charge in [0.05, 0.1) is 11.7 Å². The number of benzene rings is 1. The molecule has 2 unspecified atom stereocenters. The van der Waals surface area contributed by atoms with Gasteiger partial charge in [0, 0.05) is 5.56 Å². The molecule has 0 bridgehead atoms. The van der Waals surface area contributed by atoms with Crippen LogP contribution in [0.1, 0.15) is 38.6 Å². The van der Waals surface area contributed by atoms with Gasteiger partial charge in [0.15, 0.2) is 5.82 Å². The SMILES string of the molecule is CC1CCCC(n2nnnc2-c2ccc(F)c(N)c2)C1. The highest BCUT2D eigenvalue weighted by Gasteiger charge is 2.24. The number of nitrogens with zero attached hydrogens (tertiary/aromatic N) is 4. The normalized spacial score (nSPS) is 22.9. The summed E-state index contributed by atoms with van der Waals surface area (Å²) in [5.74, 6) is 0.930. The van der Waals surface area contributed by atoms with Crippen LogP contribution in [0.4, 0.5) is 10.1 Å². The van der Waals surface area contributed by atoms with Gasteiger partial charge in [-0.2, -0.15) is 0 Å². The molecule has 5 nitrogen and oxygen atoms in total. The minimum absolute atomic E-state index is 0.120. The average molecular weight is 275 g/mol. The smallest absolute Gasteiger partial charge is 0.182 e. The van der Waals surface area contributed by atoms with Crippen LogP contribution in [0.15, 0.2) is 18.2 Å². The van der Waals surface area contributed by atoms with Crippen LogP contribution < -0.4 is 5.73 Å². The lowest BCUT2D eigenvalue weighted by Gasteiger charge is -2.27. The Morgan fingerprint density at radius 2 is 2.20 bits per heavy atom. The van der Waals surface area contributed by atoms with E-state index in [0.717, 1.165) is 18.4 Å². The predicted octanol–water partition coefficient (Wildman–Crippen LogP) is 2.81. The summed E-state index contributed by atoms with van der Waals surface area (Å²) in [6.07, 6.45) is 4.61. The quantitative estimate of drug-likeness (QED) is 0.856. The van der Waals surface area contributed by atoms with E-state index in [2.05, 4.69) is 22.4 Å². The van der Waals surface area contributed by atoms with Crippen LogP contribution in [-0.4, -0.2) is 20.2 Å². The van der Waals surface area contributed by atoms with Crippen molar-refractivity contribution in [1.82, 2.24) is 20.2 Å². The van der Waals surface area contributed by atoms with Gasteiger partial charge in [0.1, 0.15) is 5.82 Å². The van der Waals surface area contributed by atoms with Gasteiger partial charge < -0.3 is 5.73 Å². The molecule has 106 valence electrons. The van der Waals surface area contributed by atoms with Crippen LogP contribution in [-0.2, 0) is 0 Å². The minimum atomic E-state index is -0.418. The number of aromatic nitrogens is 4. The first-order chi connectivity index (χ1) is 9.65. The van der Waals surface area contributed by atoms with Crippen LogP contribution in [0.3, 0.4) is 0 Å². The van der Waals surface area contributed by atoms with Gasteiger partial charge in [-0.15, -0.1) is 5.10 Å². The summed E-state index contributed by atoms with van der Waals surface area (Å²) in [7, 11) is 0. The largest absolute Gasteiger partial charge is 0.396 e. The number of anilines is 1. The lowest BCUT2D eigenvalue weighted by atomic mass is 9.87. The predicted molar refractivity (Wildman–Crippen MR) is 74.3 cm³/mol. The van der Waals surface area contributed by atoms with Crippen molar-refractivity contribution in [2.45, 2.75) is 38.6 Å². The fourth-order valence-corrected chi connectivity index (χ4v) is 2.94. The molecule has 1 fully saturated rings. The highest BCUT2D eigenvalue weighted by molar-refractivity contribution is 5.61. The van der Waals surface area contributed by atoms with E-state index in [1.165, 1.54) is 18.9 Å². The second kappa shape index (κ2) is 5.19. The number of nitrogen functional groups attached to an aromatic ring is 1. The van der Waals surface area contributed by atoms with Crippen molar-refractivity contribution < 1.29 is 4.39 Å². The molecular weight excluding hydrogens is 257 g/mol. The molecule has 6 heteroatoms. The van der Waals surface area contributed by atoms with Crippen molar-refractivity contribution >= 4 is 5.69 Å². The van der Waals surface area contributed by atoms with Gasteiger partial charge in [-0.25, -0.2) is 9.07 Å². The van der Waals surface area contributed by atoms with Crippen molar-refractivity contribution in [3.63, 3.8) is 0 Å². The number of halogens is 1. The molecule has 0 radical (unpaired) electrons. The Morgan fingerprint density at radius 1 is 1.35 bits per heavy atom. The lowest BCUT2D eigenvalue weighted by Crippen LogP contribution is -2.19. The number of hydrogen-bond donors (Lipinski definition) is 1. The maximum atomic E-state index is 13.3. The van der Waals surface area contributed by atoms with Crippen molar-refractivity contribution in [2.75, 3.05) is 5.73 Å². The maximum absolute atomic E-state index is 13.3. The zero-order chi connectivity index (χ0) is 14.1. The molecule has 1 aromatic carbocycles. The molecule has 0 spiro atoms. The Morgan fingerprint density at radius 3 is 2.95 bits per heavy atom. The number of nitrogens with two attached hydrogens (primary N) is 1. The highest BCUT2D eigenvalue weighted by atomic mass is 19.1. The van der Waals surface area contributed by atoms with E-state index in [1.54, 1.807) is 12.1 Å². The topological polar surface area (TPSA) is 69.6 Å². The summed E-state index contributed by atoms with van der Waals surface area (Å²) in [4.78, 5) is 0. The Labute approximate surface area is 117 Å². The molecule has 3 rings (SSSR count). The first kappa shape index (κ1) is 13.0. The van der Waals surface area contributed by atoms with Gasteiger partial charge in [0.25, 0.3) is 0 Å². The fourth-order valence-electron chi connectivity index (χ4n) is 2.94. The maximum Gasteiger partial charge on any atom is 0.182 e. The zero-order valence-corrected chi connectivity index (χ0v) is 11.5. The molecule has 0 aliphatic heterocycles. The van der Waals surface area contributed by atoms with E-state index < -0.39 is 5.82 Å². The van der Waals surface area contributed by atoms with Gasteiger partial charge >= 0.3 is 0 Å². The second-order valence-electron chi connectivity index (χ2n) is 5.61. The standard InChI is InChI=1S/C14H18FN5/c1-9-3-2-4-11(7-9)20-14(17-18-19-20)10-5-6-12(15)13(16)8-10/h5-6,8-9,11H,2-4,7,16H2,1H3. The van der Waals surface area contributed by atoms with Gasteiger partial charge in [0.2, 0.25) is 0 Å². The minimum Gasteiger partial charge on any atom is -0.396 e. The molecule has 1 aliphatic carbocycles. The first-order valence-corrected chi connectivity index (χ1v) is 6.98. The number of rotatable bonds is 2. The van der Waals surface area contributed by atoms with Crippen LogP contribution in [0.5, 0.6) is 0 Å². The summed E-state index contributed by atoms with van der Waals surface area (Å²) in [6, 6.07) is 4.92. The molecule has 1 heterocycles. The summed E-state index contributed by atoms with van der Waals surface area (Å²) in [5.41, 5.74) is 6.50. The van der Waals surface area contributed by atoms with Crippen molar-refractivity contribution in [1.29, 1.82) is 0 Å². The van der Waals surface area contributed by atoms with Crippen molar-refractivity contribution in [3.05, 3.63) is 24.0 Å². The third kappa shape index (κ3) is 2.37. The van der Waals surface area contributed by atoms with E-state index in [4.69, 9.17) is 5.73 Å². The van der Waals surface area contributed by atoms with Gasteiger partial charge in [-0.05, 0) is 47.4 Å². The van der Waals surface area contributed by atoms with Crippen molar-refractivity contribution in [2.24, 2.45) is 5.92 Å². The van der Waals surface area contributed by atoms with Gasteiger partial charge in [-0.1, -0.05) is 19.8 Å². The average Bonchev–Trinajstić information content (AvgIpc) is 2.91. The summed E-state index contributed by atoms with van der Waals surface area (Å²) >= 11 is 0. The molecular formula is C14H18FN5. The summed E-state index contributed by atoms with van der Waals surface area (Å²) in [6.45, 7) is 2.26. The zero-order valence-electron chi connectivity index (χ0n) is 11.5. The number of hydrogen-bond acceptors (Lipinski definition) is 4. The molecule has 2 atom stereocenters. The summed E-state index contributed by atoms with van der Waals surface area (Å²) in [5, 5.41) is 12.0. The van der Waals surface area contributed by atoms with E-state index in [1.807, 2.05) is 4.68 Å². The summed E-state index contributed by atoms with van der Waals surface area (Å²) < 4.78 is 15.1. The molecule has 2 aromatic rings. The Hall–Kier alpha value is -1.98. The molecule has 2 N–H and O–H groups in total. The van der Waals surface area contributed by atoms with Crippen LogP contribution in [0.25, 0.3) is 11.4 Å². The third-order valence-electron chi connectivity index (χ3n) is 4.00. The Balaban J connectivity index is 1.95. The third-order valence-corrected chi connectivity index (χ3v) is 4.00. The second-order valence-corrected chi connectivity index (χ2v) is 5.61. The van der Waals surface area contributed by atoms with Crippen molar-refractivity contribution in [3.8, 4) is 11.4 Å². The van der Waals surface area contributed by atoms with E-state index in [9.17, 15) is 4.39 Å². The van der Waals surface area contributed by atoms with Gasteiger partial charge in [-0.3, -0.25) is 0 Å². The van der Waals surface area contributed by atoms with Crippen LogP contribution in [0.2, 0.25) is 0 Å². The molecule has 1 aliphatic rings. The first-order valence-electron chi connectivity index (χ1n) is 6.98. The van der Waals surface area contributed by atoms with E-state index in [0.29, 0.717) is 17.8 Å². The Kier molecular flexibility index (Phi) is 3.38. The highest BCUT2D eigenvalue weighted by Crippen LogP contribution is 2.34. The molecule has 1 saturated carbocycles. The van der Waals surface area contributed by atoms with E-state index in [-0.39, 0.29) is 5.69 Å². The molecule has 0 amide bonds. The van der Waals surface area contributed by atoms with Crippen LogP contribution in [0, 0.1) is 11.7 Å². The number of tetrazole rings is 1. The fraction of sp³-hybridized carbons (Fsp3) is 0.500. The Bertz CT molecular complexity index is 609. The monoisotopic (exact) mass is 275 g/mol. The molecule has 0 saturated heterocycles. The molecule has 1 aromatic heterocycles. The molecule has 20 heavy (non-hydrogen) atoms. The van der Waals surface area contributed by atoms with E-state index >= 15 is 0 Å². The van der Waals surface area contributed by atoms with Crippen LogP contribution >= 0.6 is 0 Å².